The van der Waals surface area contributed by atoms with Gasteiger partial charge < -0.3 is 20.1 Å². The lowest BCUT2D eigenvalue weighted by atomic mass is 10.1. The predicted octanol–water partition coefficient (Wildman–Crippen LogP) is 2.64. The number of halogens is 1. The molecule has 1 aliphatic rings. The number of nitrogens with zero attached hydrogens (tertiary/aromatic N) is 2. The highest BCUT2D eigenvalue weighted by Gasteiger charge is 2.12. The SMILES string of the molecule is CN=C(NCCc1ccc2c(c1)OCO2)NCc1ncccc1C.I. The number of fused-ring (bicyclic) bond motifs is 1. The van der Waals surface area contributed by atoms with Crippen LogP contribution in [0, 0.1) is 6.92 Å². The van der Waals surface area contributed by atoms with Gasteiger partial charge in [0.15, 0.2) is 17.5 Å². The molecule has 0 fully saturated rings. The second-order valence-corrected chi connectivity index (χ2v) is 5.56. The van der Waals surface area contributed by atoms with Gasteiger partial charge in [0.2, 0.25) is 6.79 Å². The Labute approximate surface area is 165 Å². The minimum Gasteiger partial charge on any atom is -0.454 e. The zero-order chi connectivity index (χ0) is 16.8. The first-order valence-corrected chi connectivity index (χ1v) is 8.00. The van der Waals surface area contributed by atoms with Crippen LogP contribution in [0.25, 0.3) is 0 Å². The maximum atomic E-state index is 5.40. The third kappa shape index (κ3) is 5.22. The molecule has 0 aliphatic carbocycles. The topological polar surface area (TPSA) is 67.8 Å². The molecule has 1 aromatic heterocycles. The van der Waals surface area contributed by atoms with E-state index in [1.165, 1.54) is 11.1 Å². The van der Waals surface area contributed by atoms with Gasteiger partial charge in [-0.05, 0) is 42.7 Å². The second kappa shape index (κ2) is 9.45. The Hall–Kier alpha value is -2.03. The fourth-order valence-corrected chi connectivity index (χ4v) is 2.51. The van der Waals surface area contributed by atoms with Crippen LogP contribution in [0.2, 0.25) is 0 Å². The Balaban J connectivity index is 0.00000225. The van der Waals surface area contributed by atoms with Gasteiger partial charge in [0.1, 0.15) is 0 Å². The maximum Gasteiger partial charge on any atom is 0.231 e. The van der Waals surface area contributed by atoms with Gasteiger partial charge >= 0.3 is 0 Å². The molecular weight excluding hydrogens is 431 g/mol. The highest BCUT2D eigenvalue weighted by Crippen LogP contribution is 2.32. The van der Waals surface area contributed by atoms with Crippen LogP contribution in [0.15, 0.2) is 41.5 Å². The Kier molecular flexibility index (Phi) is 7.30. The minimum atomic E-state index is 0. The standard InChI is InChI=1S/C18H22N4O2.HI/c1-13-4-3-8-20-15(13)11-22-18(19-2)21-9-7-14-5-6-16-17(10-14)24-12-23-16;/h3-6,8,10H,7,9,11-12H2,1-2H3,(H2,19,21,22);1H. The number of benzene rings is 1. The van der Waals surface area contributed by atoms with Crippen molar-refractivity contribution < 1.29 is 9.47 Å². The van der Waals surface area contributed by atoms with Crippen molar-refractivity contribution in [1.29, 1.82) is 0 Å². The number of rotatable bonds is 5. The largest absolute Gasteiger partial charge is 0.454 e. The molecule has 0 amide bonds. The number of nitrogens with one attached hydrogen (secondary N) is 2. The van der Waals surface area contributed by atoms with E-state index in [0.717, 1.165) is 36.1 Å². The van der Waals surface area contributed by atoms with E-state index in [2.05, 4.69) is 39.7 Å². The lowest BCUT2D eigenvalue weighted by Gasteiger charge is -2.12. The molecule has 2 N–H and O–H groups in total. The average molecular weight is 454 g/mol. The first-order chi connectivity index (χ1) is 11.8. The number of hydrogen-bond acceptors (Lipinski definition) is 4. The van der Waals surface area contributed by atoms with E-state index < -0.39 is 0 Å². The van der Waals surface area contributed by atoms with Crippen molar-refractivity contribution in [2.75, 3.05) is 20.4 Å². The molecule has 0 saturated carbocycles. The molecule has 0 unspecified atom stereocenters. The van der Waals surface area contributed by atoms with Crippen LogP contribution in [0.5, 0.6) is 11.5 Å². The molecule has 2 aromatic rings. The van der Waals surface area contributed by atoms with Crippen LogP contribution in [0.1, 0.15) is 16.8 Å². The van der Waals surface area contributed by atoms with Gasteiger partial charge in [0.25, 0.3) is 0 Å². The predicted molar refractivity (Wildman–Crippen MR) is 109 cm³/mol. The van der Waals surface area contributed by atoms with E-state index in [9.17, 15) is 0 Å². The quantitative estimate of drug-likeness (QED) is 0.413. The summed E-state index contributed by atoms with van der Waals surface area (Å²) in [6.45, 7) is 3.79. The highest BCUT2D eigenvalue weighted by molar-refractivity contribution is 14.0. The minimum absolute atomic E-state index is 0. The summed E-state index contributed by atoms with van der Waals surface area (Å²) in [7, 11) is 1.77. The monoisotopic (exact) mass is 454 g/mol. The average Bonchev–Trinajstić information content (AvgIpc) is 3.07. The van der Waals surface area contributed by atoms with Gasteiger partial charge in [0.05, 0.1) is 12.2 Å². The van der Waals surface area contributed by atoms with Crippen molar-refractivity contribution in [3.8, 4) is 11.5 Å². The molecule has 7 heteroatoms. The molecule has 2 heterocycles. The fraction of sp³-hybridized carbons (Fsp3) is 0.333. The molecule has 0 spiro atoms. The molecular formula is C18H23IN4O2. The summed E-state index contributed by atoms with van der Waals surface area (Å²) in [5, 5.41) is 6.60. The zero-order valence-corrected chi connectivity index (χ0v) is 16.7. The van der Waals surface area contributed by atoms with Crippen LogP contribution in [0.4, 0.5) is 0 Å². The summed E-state index contributed by atoms with van der Waals surface area (Å²) in [6.07, 6.45) is 2.68. The first-order valence-electron chi connectivity index (χ1n) is 8.00. The molecule has 134 valence electrons. The van der Waals surface area contributed by atoms with E-state index in [1.54, 1.807) is 13.2 Å². The molecule has 1 aromatic carbocycles. The van der Waals surface area contributed by atoms with Crippen molar-refractivity contribution in [3.63, 3.8) is 0 Å². The Bertz CT molecular complexity index is 737. The lowest BCUT2D eigenvalue weighted by molar-refractivity contribution is 0.174. The molecule has 0 saturated heterocycles. The number of aromatic nitrogens is 1. The Morgan fingerprint density at radius 3 is 2.84 bits per heavy atom. The molecule has 0 radical (unpaired) electrons. The molecule has 6 nitrogen and oxygen atoms in total. The van der Waals surface area contributed by atoms with E-state index in [4.69, 9.17) is 9.47 Å². The molecule has 0 bridgehead atoms. The van der Waals surface area contributed by atoms with Crippen LogP contribution < -0.4 is 20.1 Å². The second-order valence-electron chi connectivity index (χ2n) is 5.56. The van der Waals surface area contributed by atoms with Crippen LogP contribution >= 0.6 is 24.0 Å². The fourth-order valence-electron chi connectivity index (χ4n) is 2.51. The lowest BCUT2D eigenvalue weighted by Crippen LogP contribution is -2.38. The summed E-state index contributed by atoms with van der Waals surface area (Å²) in [5.74, 6) is 2.40. The van der Waals surface area contributed by atoms with Gasteiger partial charge in [-0.1, -0.05) is 12.1 Å². The van der Waals surface area contributed by atoms with Crippen molar-refractivity contribution in [1.82, 2.24) is 15.6 Å². The van der Waals surface area contributed by atoms with Crippen LogP contribution in [-0.2, 0) is 13.0 Å². The van der Waals surface area contributed by atoms with E-state index in [0.29, 0.717) is 13.3 Å². The Morgan fingerprint density at radius 2 is 2.04 bits per heavy atom. The van der Waals surface area contributed by atoms with Crippen LogP contribution in [-0.4, -0.2) is 31.3 Å². The van der Waals surface area contributed by atoms with Gasteiger partial charge in [-0.2, -0.15) is 0 Å². The smallest absolute Gasteiger partial charge is 0.231 e. The van der Waals surface area contributed by atoms with Gasteiger partial charge in [-0.25, -0.2) is 0 Å². The molecule has 25 heavy (non-hydrogen) atoms. The first kappa shape index (κ1) is 19.3. The number of pyridine rings is 1. The molecule has 1 aliphatic heterocycles. The van der Waals surface area contributed by atoms with Gasteiger partial charge in [0, 0.05) is 19.8 Å². The summed E-state index contributed by atoms with van der Waals surface area (Å²) < 4.78 is 10.7. The third-order valence-corrected chi connectivity index (χ3v) is 3.91. The van der Waals surface area contributed by atoms with Crippen LogP contribution in [0.3, 0.4) is 0 Å². The number of aryl methyl sites for hydroxylation is 1. The maximum absolute atomic E-state index is 5.40. The molecule has 3 rings (SSSR count). The van der Waals surface area contributed by atoms with Crippen molar-refractivity contribution in [3.05, 3.63) is 53.3 Å². The van der Waals surface area contributed by atoms with Crippen molar-refractivity contribution in [2.45, 2.75) is 19.9 Å². The van der Waals surface area contributed by atoms with Gasteiger partial charge in [-0.3, -0.25) is 9.98 Å². The normalized spacial score (nSPS) is 12.5. The summed E-state index contributed by atoms with van der Waals surface area (Å²) in [5.41, 5.74) is 3.39. The van der Waals surface area contributed by atoms with E-state index in [1.807, 2.05) is 18.2 Å². The number of ether oxygens (including phenoxy) is 2. The molecule has 0 atom stereocenters. The van der Waals surface area contributed by atoms with E-state index in [-0.39, 0.29) is 24.0 Å². The summed E-state index contributed by atoms with van der Waals surface area (Å²) >= 11 is 0. The summed E-state index contributed by atoms with van der Waals surface area (Å²) in [4.78, 5) is 8.62. The number of hydrogen-bond donors (Lipinski definition) is 2. The zero-order valence-electron chi connectivity index (χ0n) is 14.4. The third-order valence-electron chi connectivity index (χ3n) is 3.91. The van der Waals surface area contributed by atoms with E-state index >= 15 is 0 Å². The summed E-state index contributed by atoms with van der Waals surface area (Å²) in [6, 6.07) is 10.0. The van der Waals surface area contributed by atoms with Crippen molar-refractivity contribution in [2.24, 2.45) is 4.99 Å². The Morgan fingerprint density at radius 1 is 1.20 bits per heavy atom. The van der Waals surface area contributed by atoms with Crippen molar-refractivity contribution >= 4 is 29.9 Å². The highest BCUT2D eigenvalue weighted by atomic mass is 127. The van der Waals surface area contributed by atoms with Gasteiger partial charge in [-0.15, -0.1) is 24.0 Å². The number of aliphatic imine (C=N–C) groups is 1. The number of guanidine groups is 1.